The van der Waals surface area contributed by atoms with Crippen LogP contribution in [0.3, 0.4) is 0 Å². The second kappa shape index (κ2) is 4.59. The number of hydrogen-bond acceptors (Lipinski definition) is 1. The first-order valence-electron chi connectivity index (χ1n) is 5.86. The highest BCUT2D eigenvalue weighted by atomic mass is 16.1. The SMILES string of the molecule is CC1(C)CC(=O)C=C(C#Cc2ccccc2)C1. The number of carbonyl (C=O) groups is 1. The highest BCUT2D eigenvalue weighted by Gasteiger charge is 2.26. The van der Waals surface area contributed by atoms with Crippen molar-refractivity contribution in [1.82, 2.24) is 0 Å². The van der Waals surface area contributed by atoms with E-state index >= 15 is 0 Å². The quantitative estimate of drug-likeness (QED) is 0.618. The Morgan fingerprint density at radius 2 is 1.76 bits per heavy atom. The van der Waals surface area contributed by atoms with E-state index in [0.29, 0.717) is 6.42 Å². The summed E-state index contributed by atoms with van der Waals surface area (Å²) < 4.78 is 0. The van der Waals surface area contributed by atoms with Crippen LogP contribution in [0, 0.1) is 17.3 Å². The van der Waals surface area contributed by atoms with Gasteiger partial charge in [0.2, 0.25) is 0 Å². The van der Waals surface area contributed by atoms with Crippen molar-refractivity contribution in [3.8, 4) is 11.8 Å². The third-order valence-corrected chi connectivity index (χ3v) is 2.80. The molecule has 0 N–H and O–H groups in total. The van der Waals surface area contributed by atoms with Gasteiger partial charge >= 0.3 is 0 Å². The summed E-state index contributed by atoms with van der Waals surface area (Å²) >= 11 is 0. The number of carbonyl (C=O) groups excluding carboxylic acids is 1. The molecular formula is C16H16O. The average Bonchev–Trinajstić information content (AvgIpc) is 2.25. The van der Waals surface area contributed by atoms with Gasteiger partial charge in [0.1, 0.15) is 0 Å². The van der Waals surface area contributed by atoms with Crippen molar-refractivity contribution in [2.45, 2.75) is 26.7 Å². The average molecular weight is 224 g/mol. The second-order valence-electron chi connectivity index (χ2n) is 5.27. The molecule has 1 heteroatoms. The van der Waals surface area contributed by atoms with Gasteiger partial charge in [-0.25, -0.2) is 0 Å². The standard InChI is InChI=1S/C16H16O/c1-16(2)11-14(10-15(17)12-16)9-8-13-6-4-3-5-7-13/h3-7,10H,11-12H2,1-2H3. The second-order valence-corrected chi connectivity index (χ2v) is 5.27. The van der Waals surface area contributed by atoms with E-state index in [-0.39, 0.29) is 11.2 Å². The van der Waals surface area contributed by atoms with Crippen LogP contribution in [0.25, 0.3) is 0 Å². The molecule has 0 amide bonds. The molecule has 1 aromatic carbocycles. The predicted molar refractivity (Wildman–Crippen MR) is 69.4 cm³/mol. The zero-order valence-electron chi connectivity index (χ0n) is 10.3. The lowest BCUT2D eigenvalue weighted by atomic mass is 9.77. The maximum absolute atomic E-state index is 11.6. The van der Waals surface area contributed by atoms with E-state index in [2.05, 4.69) is 25.7 Å². The van der Waals surface area contributed by atoms with E-state index < -0.39 is 0 Å². The molecule has 86 valence electrons. The zero-order valence-corrected chi connectivity index (χ0v) is 10.3. The Balaban J connectivity index is 2.20. The molecule has 2 rings (SSSR count). The molecule has 17 heavy (non-hydrogen) atoms. The first-order chi connectivity index (χ1) is 8.05. The third kappa shape index (κ3) is 3.32. The van der Waals surface area contributed by atoms with Crippen LogP contribution in [0.2, 0.25) is 0 Å². The smallest absolute Gasteiger partial charge is 0.157 e. The molecule has 0 spiro atoms. The van der Waals surface area contributed by atoms with Crippen molar-refractivity contribution in [1.29, 1.82) is 0 Å². The number of benzene rings is 1. The van der Waals surface area contributed by atoms with E-state index in [1.165, 1.54) is 0 Å². The molecular weight excluding hydrogens is 208 g/mol. The Kier molecular flexibility index (Phi) is 3.15. The van der Waals surface area contributed by atoms with Gasteiger partial charge in [-0.15, -0.1) is 0 Å². The van der Waals surface area contributed by atoms with Crippen molar-refractivity contribution < 1.29 is 4.79 Å². The number of hydrogen-bond donors (Lipinski definition) is 0. The van der Waals surface area contributed by atoms with Gasteiger partial charge in [0, 0.05) is 17.6 Å². The molecule has 0 saturated carbocycles. The number of rotatable bonds is 0. The Labute approximate surface area is 103 Å². The summed E-state index contributed by atoms with van der Waals surface area (Å²) in [6, 6.07) is 9.85. The lowest BCUT2D eigenvalue weighted by Crippen LogP contribution is -2.21. The minimum atomic E-state index is 0.0481. The molecule has 1 aliphatic carbocycles. The van der Waals surface area contributed by atoms with E-state index in [4.69, 9.17) is 0 Å². The number of allylic oxidation sites excluding steroid dienone is 2. The van der Waals surface area contributed by atoms with Gasteiger partial charge in [-0.1, -0.05) is 43.9 Å². The predicted octanol–water partition coefficient (Wildman–Crippen LogP) is 3.35. The lowest BCUT2D eigenvalue weighted by molar-refractivity contribution is -0.116. The van der Waals surface area contributed by atoms with Crippen LogP contribution in [0.1, 0.15) is 32.3 Å². The molecule has 0 atom stereocenters. The van der Waals surface area contributed by atoms with Gasteiger partial charge in [-0.3, -0.25) is 4.79 Å². The maximum atomic E-state index is 11.6. The van der Waals surface area contributed by atoms with Crippen LogP contribution >= 0.6 is 0 Å². The fourth-order valence-corrected chi connectivity index (χ4v) is 2.10. The summed E-state index contributed by atoms with van der Waals surface area (Å²) in [5.74, 6) is 6.41. The molecule has 0 aliphatic heterocycles. The van der Waals surface area contributed by atoms with Gasteiger partial charge in [0.15, 0.2) is 5.78 Å². The monoisotopic (exact) mass is 224 g/mol. The van der Waals surface area contributed by atoms with Crippen LogP contribution in [-0.4, -0.2) is 5.78 Å². The van der Waals surface area contributed by atoms with Crippen LogP contribution in [0.15, 0.2) is 42.0 Å². The van der Waals surface area contributed by atoms with Gasteiger partial charge in [0.25, 0.3) is 0 Å². The Hall–Kier alpha value is -1.81. The van der Waals surface area contributed by atoms with Gasteiger partial charge in [-0.2, -0.15) is 0 Å². The first kappa shape index (κ1) is 11.7. The molecule has 0 unspecified atom stereocenters. The van der Waals surface area contributed by atoms with E-state index in [9.17, 15) is 4.79 Å². The van der Waals surface area contributed by atoms with Crippen LogP contribution in [-0.2, 0) is 4.79 Å². The van der Waals surface area contributed by atoms with E-state index in [1.807, 2.05) is 30.3 Å². The summed E-state index contributed by atoms with van der Waals surface area (Å²) in [5, 5.41) is 0. The fraction of sp³-hybridized carbons (Fsp3) is 0.312. The largest absolute Gasteiger partial charge is 0.295 e. The molecule has 0 bridgehead atoms. The maximum Gasteiger partial charge on any atom is 0.157 e. The van der Waals surface area contributed by atoms with Crippen molar-refractivity contribution >= 4 is 5.78 Å². The van der Waals surface area contributed by atoms with Crippen molar-refractivity contribution in [2.75, 3.05) is 0 Å². The summed E-state index contributed by atoms with van der Waals surface area (Å²) in [4.78, 5) is 11.6. The summed E-state index contributed by atoms with van der Waals surface area (Å²) in [6.45, 7) is 4.23. The molecule has 0 fully saturated rings. The van der Waals surface area contributed by atoms with Gasteiger partial charge in [0.05, 0.1) is 0 Å². The highest BCUT2D eigenvalue weighted by molar-refractivity contribution is 5.92. The van der Waals surface area contributed by atoms with Crippen molar-refractivity contribution in [3.63, 3.8) is 0 Å². The van der Waals surface area contributed by atoms with Crippen LogP contribution in [0.5, 0.6) is 0 Å². The van der Waals surface area contributed by atoms with Gasteiger partial charge in [-0.05, 0) is 30.0 Å². The van der Waals surface area contributed by atoms with E-state index in [0.717, 1.165) is 17.6 Å². The third-order valence-electron chi connectivity index (χ3n) is 2.80. The van der Waals surface area contributed by atoms with Crippen LogP contribution < -0.4 is 0 Å². The van der Waals surface area contributed by atoms with Gasteiger partial charge < -0.3 is 0 Å². The molecule has 0 radical (unpaired) electrons. The lowest BCUT2D eigenvalue weighted by Gasteiger charge is -2.26. The zero-order chi connectivity index (χ0) is 12.3. The number of ketones is 1. The molecule has 0 aromatic heterocycles. The Morgan fingerprint density at radius 3 is 2.41 bits per heavy atom. The molecule has 0 saturated heterocycles. The molecule has 1 aromatic rings. The van der Waals surface area contributed by atoms with Crippen molar-refractivity contribution in [2.24, 2.45) is 5.41 Å². The van der Waals surface area contributed by atoms with E-state index in [1.54, 1.807) is 6.08 Å². The minimum Gasteiger partial charge on any atom is -0.295 e. The summed E-state index contributed by atoms with van der Waals surface area (Å²) in [5.41, 5.74) is 1.99. The molecule has 0 heterocycles. The normalized spacial score (nSPS) is 18.0. The Morgan fingerprint density at radius 1 is 1.06 bits per heavy atom. The summed E-state index contributed by atoms with van der Waals surface area (Å²) in [6.07, 6.45) is 3.21. The van der Waals surface area contributed by atoms with Crippen LogP contribution in [0.4, 0.5) is 0 Å². The first-order valence-corrected chi connectivity index (χ1v) is 5.86. The Bertz CT molecular complexity index is 509. The minimum absolute atomic E-state index is 0.0481. The molecule has 1 nitrogen and oxygen atoms in total. The fourth-order valence-electron chi connectivity index (χ4n) is 2.10. The summed E-state index contributed by atoms with van der Waals surface area (Å²) in [7, 11) is 0. The topological polar surface area (TPSA) is 17.1 Å². The molecule has 1 aliphatic rings. The highest BCUT2D eigenvalue weighted by Crippen LogP contribution is 2.33. The van der Waals surface area contributed by atoms with Crippen molar-refractivity contribution in [3.05, 3.63) is 47.5 Å².